The van der Waals surface area contributed by atoms with E-state index in [9.17, 15) is 9.90 Å². The van der Waals surface area contributed by atoms with Crippen molar-refractivity contribution in [2.45, 2.75) is 25.4 Å². The van der Waals surface area contributed by atoms with Crippen molar-refractivity contribution in [3.8, 4) is 0 Å². The van der Waals surface area contributed by atoms with E-state index < -0.39 is 0 Å². The van der Waals surface area contributed by atoms with E-state index in [1.54, 1.807) is 0 Å². The third-order valence-electron chi connectivity index (χ3n) is 3.17. The molecule has 1 spiro atoms. The summed E-state index contributed by atoms with van der Waals surface area (Å²) in [7, 11) is 0. The molecule has 4 heteroatoms. The standard InChI is InChI=1S/C9H16N2O2/c12-7-5-9(8(13)11-6-7)1-3-10-4-2-9/h7,10,12H,1-6H2,(H,11,13)/t7-/m0/s1. The van der Waals surface area contributed by atoms with Crippen LogP contribution in [0.2, 0.25) is 0 Å². The number of carbonyl (C=O) groups is 1. The average molecular weight is 184 g/mol. The summed E-state index contributed by atoms with van der Waals surface area (Å²) < 4.78 is 0. The molecule has 2 saturated heterocycles. The molecule has 1 amide bonds. The quantitative estimate of drug-likeness (QED) is 0.463. The van der Waals surface area contributed by atoms with Gasteiger partial charge in [-0.3, -0.25) is 4.79 Å². The lowest BCUT2D eigenvalue weighted by molar-refractivity contribution is -0.139. The molecule has 2 fully saturated rings. The van der Waals surface area contributed by atoms with Gasteiger partial charge in [0.25, 0.3) is 0 Å². The Kier molecular flexibility index (Phi) is 2.26. The van der Waals surface area contributed by atoms with Crippen LogP contribution in [0.15, 0.2) is 0 Å². The van der Waals surface area contributed by atoms with E-state index in [1.165, 1.54) is 0 Å². The first kappa shape index (κ1) is 8.97. The maximum absolute atomic E-state index is 11.7. The van der Waals surface area contributed by atoms with E-state index in [0.29, 0.717) is 13.0 Å². The minimum absolute atomic E-state index is 0.138. The smallest absolute Gasteiger partial charge is 0.226 e. The van der Waals surface area contributed by atoms with Crippen molar-refractivity contribution < 1.29 is 9.90 Å². The molecule has 0 radical (unpaired) electrons. The second-order valence-corrected chi connectivity index (χ2v) is 4.10. The number of rotatable bonds is 0. The summed E-state index contributed by atoms with van der Waals surface area (Å²) >= 11 is 0. The summed E-state index contributed by atoms with van der Waals surface area (Å²) in [5.41, 5.74) is -0.275. The van der Waals surface area contributed by atoms with Gasteiger partial charge < -0.3 is 15.7 Å². The Morgan fingerprint density at radius 2 is 2.08 bits per heavy atom. The topological polar surface area (TPSA) is 61.4 Å². The van der Waals surface area contributed by atoms with Crippen LogP contribution in [0.25, 0.3) is 0 Å². The van der Waals surface area contributed by atoms with Gasteiger partial charge in [-0.05, 0) is 32.4 Å². The first-order valence-electron chi connectivity index (χ1n) is 4.90. The van der Waals surface area contributed by atoms with Gasteiger partial charge in [0.2, 0.25) is 5.91 Å². The molecule has 4 nitrogen and oxygen atoms in total. The van der Waals surface area contributed by atoms with Gasteiger partial charge in [-0.2, -0.15) is 0 Å². The summed E-state index contributed by atoms with van der Waals surface area (Å²) in [6.07, 6.45) is 2.00. The summed E-state index contributed by atoms with van der Waals surface area (Å²) in [5.74, 6) is 0.138. The zero-order valence-electron chi connectivity index (χ0n) is 7.68. The van der Waals surface area contributed by atoms with E-state index >= 15 is 0 Å². The monoisotopic (exact) mass is 184 g/mol. The molecule has 74 valence electrons. The Balaban J connectivity index is 2.11. The predicted molar refractivity (Wildman–Crippen MR) is 48.2 cm³/mol. The highest BCUT2D eigenvalue weighted by atomic mass is 16.3. The van der Waals surface area contributed by atoms with Crippen molar-refractivity contribution in [3.63, 3.8) is 0 Å². The van der Waals surface area contributed by atoms with Crippen LogP contribution < -0.4 is 10.6 Å². The number of nitrogens with one attached hydrogen (secondary N) is 2. The summed E-state index contributed by atoms with van der Waals surface area (Å²) in [4.78, 5) is 11.7. The summed E-state index contributed by atoms with van der Waals surface area (Å²) in [6, 6.07) is 0. The molecule has 0 aliphatic carbocycles. The van der Waals surface area contributed by atoms with Gasteiger partial charge in [0.1, 0.15) is 0 Å². The fraction of sp³-hybridized carbons (Fsp3) is 0.889. The van der Waals surface area contributed by atoms with Crippen molar-refractivity contribution in [1.29, 1.82) is 0 Å². The lowest BCUT2D eigenvalue weighted by Gasteiger charge is -2.41. The molecule has 2 rings (SSSR count). The first-order chi connectivity index (χ1) is 6.23. The number of aliphatic hydroxyl groups is 1. The van der Waals surface area contributed by atoms with E-state index in [-0.39, 0.29) is 17.4 Å². The minimum Gasteiger partial charge on any atom is -0.391 e. The summed E-state index contributed by atoms with van der Waals surface area (Å²) in [5, 5.41) is 15.5. The molecule has 0 saturated carbocycles. The number of carbonyl (C=O) groups excluding carboxylic acids is 1. The average Bonchev–Trinajstić information content (AvgIpc) is 2.14. The molecule has 13 heavy (non-hydrogen) atoms. The molecule has 0 unspecified atom stereocenters. The van der Waals surface area contributed by atoms with Gasteiger partial charge in [0.15, 0.2) is 0 Å². The second-order valence-electron chi connectivity index (χ2n) is 4.10. The van der Waals surface area contributed by atoms with Crippen LogP contribution in [0, 0.1) is 5.41 Å². The first-order valence-corrected chi connectivity index (χ1v) is 4.90. The van der Waals surface area contributed by atoms with Gasteiger partial charge in [-0.25, -0.2) is 0 Å². The summed E-state index contributed by atoms with van der Waals surface area (Å²) in [6.45, 7) is 2.20. The Labute approximate surface area is 77.7 Å². The van der Waals surface area contributed by atoms with Gasteiger partial charge >= 0.3 is 0 Å². The highest BCUT2D eigenvalue weighted by molar-refractivity contribution is 5.83. The third kappa shape index (κ3) is 1.56. The number of hydrogen-bond donors (Lipinski definition) is 3. The third-order valence-corrected chi connectivity index (χ3v) is 3.17. The number of amides is 1. The van der Waals surface area contributed by atoms with Gasteiger partial charge in [0.05, 0.1) is 11.5 Å². The lowest BCUT2D eigenvalue weighted by atomic mass is 9.72. The van der Waals surface area contributed by atoms with Crippen molar-refractivity contribution in [3.05, 3.63) is 0 Å². The molecule has 1 atom stereocenters. The lowest BCUT2D eigenvalue weighted by Crippen LogP contribution is -2.55. The SMILES string of the molecule is O=C1NC[C@@H](O)CC12CCNCC2. The highest BCUT2D eigenvalue weighted by Crippen LogP contribution is 2.36. The van der Waals surface area contributed by atoms with E-state index in [0.717, 1.165) is 25.9 Å². The zero-order chi connectivity index (χ0) is 9.31. The Bertz CT molecular complexity index is 212. The van der Waals surface area contributed by atoms with Gasteiger partial charge in [-0.1, -0.05) is 0 Å². The zero-order valence-corrected chi connectivity index (χ0v) is 7.68. The maximum atomic E-state index is 11.7. The Morgan fingerprint density at radius 3 is 2.77 bits per heavy atom. The number of piperidine rings is 2. The van der Waals surface area contributed by atoms with Crippen molar-refractivity contribution in [2.24, 2.45) is 5.41 Å². The fourth-order valence-corrected chi connectivity index (χ4v) is 2.35. The Morgan fingerprint density at radius 1 is 1.38 bits per heavy atom. The van der Waals surface area contributed by atoms with E-state index in [1.807, 2.05) is 0 Å². The van der Waals surface area contributed by atoms with Gasteiger partial charge in [0, 0.05) is 6.54 Å². The van der Waals surface area contributed by atoms with Crippen LogP contribution in [0.5, 0.6) is 0 Å². The van der Waals surface area contributed by atoms with Crippen molar-refractivity contribution in [1.82, 2.24) is 10.6 Å². The van der Waals surface area contributed by atoms with E-state index in [2.05, 4.69) is 10.6 Å². The minimum atomic E-state index is -0.351. The molecule has 0 aromatic rings. The fourth-order valence-electron chi connectivity index (χ4n) is 2.35. The molecule has 0 aromatic heterocycles. The van der Waals surface area contributed by atoms with Crippen LogP contribution in [0.4, 0.5) is 0 Å². The molecule has 0 bridgehead atoms. The van der Waals surface area contributed by atoms with Gasteiger partial charge in [-0.15, -0.1) is 0 Å². The van der Waals surface area contributed by atoms with E-state index in [4.69, 9.17) is 0 Å². The normalized spacial score (nSPS) is 33.0. The van der Waals surface area contributed by atoms with Crippen LogP contribution in [0.1, 0.15) is 19.3 Å². The molecule has 2 heterocycles. The highest BCUT2D eigenvalue weighted by Gasteiger charge is 2.43. The van der Waals surface area contributed by atoms with Crippen molar-refractivity contribution in [2.75, 3.05) is 19.6 Å². The molecular weight excluding hydrogens is 168 g/mol. The number of β-amino-alcohol motifs (C(OH)–C–C–N with tert-alkyl or cyclic N) is 1. The van der Waals surface area contributed by atoms with Crippen LogP contribution in [0.3, 0.4) is 0 Å². The largest absolute Gasteiger partial charge is 0.391 e. The Hall–Kier alpha value is -0.610. The second kappa shape index (κ2) is 3.27. The molecule has 3 N–H and O–H groups in total. The molecule has 0 aromatic carbocycles. The number of hydrogen-bond acceptors (Lipinski definition) is 3. The van der Waals surface area contributed by atoms with Crippen LogP contribution >= 0.6 is 0 Å². The molecular formula is C9H16N2O2. The maximum Gasteiger partial charge on any atom is 0.226 e. The van der Waals surface area contributed by atoms with Crippen molar-refractivity contribution >= 4 is 5.91 Å². The molecule has 2 aliphatic heterocycles. The molecule has 2 aliphatic rings. The van der Waals surface area contributed by atoms with Crippen LogP contribution in [-0.2, 0) is 4.79 Å². The predicted octanol–water partition coefficient (Wildman–Crippen LogP) is -0.763. The number of aliphatic hydroxyl groups excluding tert-OH is 1. The van der Waals surface area contributed by atoms with Crippen LogP contribution in [-0.4, -0.2) is 36.8 Å².